The minimum absolute atomic E-state index is 0.0569. The summed E-state index contributed by atoms with van der Waals surface area (Å²) in [7, 11) is 0. The van der Waals surface area contributed by atoms with Gasteiger partial charge in [-0.15, -0.1) is 0 Å². The van der Waals surface area contributed by atoms with Gasteiger partial charge in [-0.3, -0.25) is 14.2 Å². The largest absolute Gasteiger partial charge is 0.353 e. The quantitative estimate of drug-likeness (QED) is 0.643. The smallest absolute Gasteiger partial charge is 0.278 e. The first-order valence-corrected chi connectivity index (χ1v) is 10.3. The number of nitrogens with zero attached hydrogens (tertiary/aromatic N) is 3. The molecule has 1 fully saturated rings. The van der Waals surface area contributed by atoms with E-state index in [4.69, 9.17) is 0 Å². The predicted molar refractivity (Wildman–Crippen MR) is 106 cm³/mol. The highest BCUT2D eigenvalue weighted by atomic mass is 32.2. The Morgan fingerprint density at radius 3 is 2.73 bits per heavy atom. The molecule has 0 saturated carbocycles. The van der Waals surface area contributed by atoms with Gasteiger partial charge in [0, 0.05) is 25.3 Å². The summed E-state index contributed by atoms with van der Waals surface area (Å²) in [4.78, 5) is 35.1. The van der Waals surface area contributed by atoms with Gasteiger partial charge in [0.1, 0.15) is 5.52 Å². The van der Waals surface area contributed by atoms with Crippen LogP contribution in [0.2, 0.25) is 0 Å². The second kappa shape index (κ2) is 7.86. The van der Waals surface area contributed by atoms with Crippen molar-refractivity contribution in [2.75, 3.05) is 18.8 Å². The van der Waals surface area contributed by atoms with Gasteiger partial charge in [-0.25, -0.2) is 4.98 Å². The molecule has 0 bridgehead atoms. The van der Waals surface area contributed by atoms with Crippen LogP contribution in [0.25, 0.3) is 11.0 Å². The molecule has 1 saturated heterocycles. The maximum atomic E-state index is 12.9. The number of fused-ring (bicyclic) bond motifs is 1. The number of thioether (sulfide) groups is 1. The molecule has 142 valence electrons. The van der Waals surface area contributed by atoms with E-state index in [2.05, 4.69) is 30.7 Å². The van der Waals surface area contributed by atoms with Crippen LogP contribution in [0.1, 0.15) is 39.3 Å². The summed E-state index contributed by atoms with van der Waals surface area (Å²) in [5, 5.41) is 0.633. The number of nitrogens with one attached hydrogen (secondary N) is 1. The normalized spacial score (nSPS) is 16.0. The molecule has 3 rings (SSSR count). The molecule has 7 heteroatoms. The van der Waals surface area contributed by atoms with Gasteiger partial charge in [-0.1, -0.05) is 32.5 Å². The fourth-order valence-electron chi connectivity index (χ4n) is 3.32. The van der Waals surface area contributed by atoms with Gasteiger partial charge >= 0.3 is 0 Å². The fraction of sp³-hybridized carbons (Fsp3) is 0.632. The first-order valence-electron chi connectivity index (χ1n) is 9.36. The Kier molecular flexibility index (Phi) is 5.75. The lowest BCUT2D eigenvalue weighted by atomic mass is 9.99. The van der Waals surface area contributed by atoms with E-state index >= 15 is 0 Å². The van der Waals surface area contributed by atoms with E-state index in [0.29, 0.717) is 40.3 Å². The highest BCUT2D eigenvalue weighted by Gasteiger charge is 2.21. The molecular weight excluding hydrogens is 348 g/mol. The molecule has 6 nitrogen and oxygen atoms in total. The van der Waals surface area contributed by atoms with E-state index in [1.807, 2.05) is 17.9 Å². The maximum Gasteiger partial charge on any atom is 0.278 e. The first kappa shape index (κ1) is 19.0. The lowest BCUT2D eigenvalue weighted by Crippen LogP contribution is -2.39. The maximum absolute atomic E-state index is 12.9. The molecule has 1 amide bonds. The minimum atomic E-state index is -0.0569. The summed E-state index contributed by atoms with van der Waals surface area (Å²) in [5.41, 5.74) is 2.08. The molecule has 0 radical (unpaired) electrons. The Balaban J connectivity index is 1.81. The third-order valence-electron chi connectivity index (χ3n) is 4.85. The zero-order valence-electron chi connectivity index (χ0n) is 16.0. The van der Waals surface area contributed by atoms with Crippen LogP contribution < -0.4 is 5.56 Å². The molecule has 3 heterocycles. The predicted octanol–water partition coefficient (Wildman–Crippen LogP) is 3.04. The fourth-order valence-corrected chi connectivity index (χ4v) is 4.23. The van der Waals surface area contributed by atoms with Gasteiger partial charge in [0.2, 0.25) is 5.91 Å². The number of H-pyrrole nitrogens is 1. The van der Waals surface area contributed by atoms with Gasteiger partial charge in [0.05, 0.1) is 11.3 Å². The van der Waals surface area contributed by atoms with Crippen LogP contribution in [-0.2, 0) is 11.3 Å². The highest BCUT2D eigenvalue weighted by molar-refractivity contribution is 7.99. The molecule has 26 heavy (non-hydrogen) atoms. The molecule has 1 aliphatic rings. The molecule has 0 aliphatic carbocycles. The van der Waals surface area contributed by atoms with E-state index in [1.54, 1.807) is 4.57 Å². The number of hydrogen-bond acceptors (Lipinski definition) is 4. The number of piperidine rings is 1. The summed E-state index contributed by atoms with van der Waals surface area (Å²) in [6, 6.07) is 1.88. The molecule has 1 aliphatic heterocycles. The number of carbonyl (C=O) groups is 1. The van der Waals surface area contributed by atoms with Crippen LogP contribution in [0.3, 0.4) is 0 Å². The summed E-state index contributed by atoms with van der Waals surface area (Å²) in [5.74, 6) is 1.48. The molecule has 0 aromatic carbocycles. The molecule has 0 spiro atoms. The zero-order valence-corrected chi connectivity index (χ0v) is 16.9. The van der Waals surface area contributed by atoms with Gasteiger partial charge in [-0.05, 0) is 37.7 Å². The highest BCUT2D eigenvalue weighted by Crippen LogP contribution is 2.22. The molecule has 0 atom stereocenters. The van der Waals surface area contributed by atoms with Crippen molar-refractivity contribution in [3.05, 3.63) is 22.1 Å². The Labute approximate surface area is 158 Å². The lowest BCUT2D eigenvalue weighted by Gasteiger charge is -2.30. The Bertz CT molecular complexity index is 847. The van der Waals surface area contributed by atoms with E-state index in [1.165, 1.54) is 11.8 Å². The third-order valence-corrected chi connectivity index (χ3v) is 5.81. The standard InChI is InChI=1S/C19H28N4O2S/c1-12(2)10-23-18(25)17-15(9-14(4)20-17)21-19(23)26-11-16(24)22-7-5-13(3)6-8-22/h9,12-13,20H,5-8,10-11H2,1-4H3. The molecule has 2 aromatic heterocycles. The van der Waals surface area contributed by atoms with Crippen molar-refractivity contribution in [2.24, 2.45) is 11.8 Å². The van der Waals surface area contributed by atoms with E-state index in [0.717, 1.165) is 31.6 Å². The van der Waals surface area contributed by atoms with Crippen molar-refractivity contribution in [1.29, 1.82) is 0 Å². The number of aryl methyl sites for hydroxylation is 1. The Morgan fingerprint density at radius 1 is 1.38 bits per heavy atom. The first-order chi connectivity index (χ1) is 12.3. The third kappa shape index (κ3) is 4.14. The number of likely N-dealkylation sites (tertiary alicyclic amines) is 1. The van der Waals surface area contributed by atoms with Crippen molar-refractivity contribution in [1.82, 2.24) is 19.4 Å². The van der Waals surface area contributed by atoms with Crippen LogP contribution in [0.5, 0.6) is 0 Å². The van der Waals surface area contributed by atoms with Crippen LogP contribution in [0, 0.1) is 18.8 Å². The number of aromatic amines is 1. The summed E-state index contributed by atoms with van der Waals surface area (Å²) < 4.78 is 1.71. The number of hydrogen-bond donors (Lipinski definition) is 1. The van der Waals surface area contributed by atoms with Gasteiger partial charge in [0.15, 0.2) is 5.16 Å². The summed E-state index contributed by atoms with van der Waals surface area (Å²) in [6.45, 7) is 10.6. The van der Waals surface area contributed by atoms with E-state index in [-0.39, 0.29) is 11.5 Å². The van der Waals surface area contributed by atoms with Crippen LogP contribution in [0.4, 0.5) is 0 Å². The topological polar surface area (TPSA) is 71.0 Å². The van der Waals surface area contributed by atoms with Crippen LogP contribution in [-0.4, -0.2) is 44.2 Å². The number of carbonyl (C=O) groups excluding carboxylic acids is 1. The van der Waals surface area contributed by atoms with Crippen molar-refractivity contribution < 1.29 is 4.79 Å². The molecule has 0 unspecified atom stereocenters. The van der Waals surface area contributed by atoms with Crippen molar-refractivity contribution in [2.45, 2.75) is 52.2 Å². The lowest BCUT2D eigenvalue weighted by molar-refractivity contribution is -0.129. The second-order valence-electron chi connectivity index (χ2n) is 7.77. The number of aromatic nitrogens is 3. The SMILES string of the molecule is Cc1cc2nc(SCC(=O)N3CCC(C)CC3)n(CC(C)C)c(=O)c2[nH]1. The number of rotatable bonds is 5. The van der Waals surface area contributed by atoms with E-state index in [9.17, 15) is 9.59 Å². The van der Waals surface area contributed by atoms with Crippen LogP contribution in [0.15, 0.2) is 16.0 Å². The van der Waals surface area contributed by atoms with Crippen molar-refractivity contribution in [3.63, 3.8) is 0 Å². The molecular formula is C19H28N4O2S. The average molecular weight is 377 g/mol. The minimum Gasteiger partial charge on any atom is -0.353 e. The molecule has 2 aromatic rings. The zero-order chi connectivity index (χ0) is 18.8. The summed E-state index contributed by atoms with van der Waals surface area (Å²) in [6.07, 6.45) is 2.14. The van der Waals surface area contributed by atoms with Gasteiger partial charge < -0.3 is 9.88 Å². The van der Waals surface area contributed by atoms with Gasteiger partial charge in [0.25, 0.3) is 5.56 Å². The Hall–Kier alpha value is -1.76. The van der Waals surface area contributed by atoms with Crippen LogP contribution >= 0.6 is 11.8 Å². The summed E-state index contributed by atoms with van der Waals surface area (Å²) >= 11 is 1.38. The van der Waals surface area contributed by atoms with E-state index < -0.39 is 0 Å². The monoisotopic (exact) mass is 376 g/mol. The Morgan fingerprint density at radius 2 is 2.08 bits per heavy atom. The van der Waals surface area contributed by atoms with Crippen molar-refractivity contribution in [3.8, 4) is 0 Å². The van der Waals surface area contributed by atoms with Crippen molar-refractivity contribution >= 4 is 28.7 Å². The average Bonchev–Trinajstić information content (AvgIpc) is 2.96. The number of amides is 1. The second-order valence-corrected chi connectivity index (χ2v) is 8.71. The molecule has 1 N–H and O–H groups in total. The van der Waals surface area contributed by atoms with Gasteiger partial charge in [-0.2, -0.15) is 0 Å².